The van der Waals surface area contributed by atoms with E-state index in [1.807, 2.05) is 24.3 Å². The van der Waals surface area contributed by atoms with Crippen molar-refractivity contribution in [3.05, 3.63) is 64.8 Å². The van der Waals surface area contributed by atoms with E-state index in [-0.39, 0.29) is 10.5 Å². The number of H-pyrrole nitrogens is 1. The lowest BCUT2D eigenvalue weighted by Gasteiger charge is -2.11. The van der Waals surface area contributed by atoms with Crippen molar-refractivity contribution in [1.82, 2.24) is 19.7 Å². The fourth-order valence-electron chi connectivity index (χ4n) is 3.02. The molecule has 0 radical (unpaired) electrons. The van der Waals surface area contributed by atoms with Crippen LogP contribution in [-0.2, 0) is 12.6 Å². The van der Waals surface area contributed by atoms with Crippen LogP contribution in [0.4, 0.5) is 13.2 Å². The summed E-state index contributed by atoms with van der Waals surface area (Å²) < 4.78 is 41.5. The van der Waals surface area contributed by atoms with Gasteiger partial charge >= 0.3 is 6.18 Å². The van der Waals surface area contributed by atoms with Crippen LogP contribution in [0.25, 0.3) is 28.2 Å². The number of nitrogens with zero attached hydrogens (tertiary/aromatic N) is 3. The summed E-state index contributed by atoms with van der Waals surface area (Å²) in [6.45, 7) is 2.05. The minimum Gasteiger partial charge on any atom is -0.291 e. The van der Waals surface area contributed by atoms with Crippen LogP contribution in [0.2, 0.25) is 5.02 Å². The molecule has 0 bridgehead atoms. The molecule has 0 saturated carbocycles. The molecule has 0 spiro atoms. The molecule has 0 fully saturated rings. The largest absolute Gasteiger partial charge is 0.417 e. The van der Waals surface area contributed by atoms with Crippen LogP contribution in [0.5, 0.6) is 0 Å². The van der Waals surface area contributed by atoms with E-state index >= 15 is 0 Å². The lowest BCUT2D eigenvalue weighted by Crippen LogP contribution is -2.06. The molecule has 138 valence electrons. The highest BCUT2D eigenvalue weighted by Gasteiger charge is 2.34. The highest BCUT2D eigenvalue weighted by Crippen LogP contribution is 2.38. The van der Waals surface area contributed by atoms with Crippen LogP contribution < -0.4 is 0 Å². The number of nitrogens with one attached hydrogen (secondary N) is 1. The van der Waals surface area contributed by atoms with Crippen molar-refractivity contribution in [2.24, 2.45) is 0 Å². The van der Waals surface area contributed by atoms with Crippen LogP contribution in [0.3, 0.4) is 0 Å². The van der Waals surface area contributed by atoms with Crippen LogP contribution >= 0.6 is 11.6 Å². The molecule has 2 heterocycles. The number of benzene rings is 2. The van der Waals surface area contributed by atoms with Gasteiger partial charge in [0, 0.05) is 11.9 Å². The second-order valence-corrected chi connectivity index (χ2v) is 6.49. The molecule has 2 aromatic carbocycles. The van der Waals surface area contributed by atoms with Gasteiger partial charge in [-0.2, -0.15) is 18.3 Å². The van der Waals surface area contributed by atoms with E-state index in [0.717, 1.165) is 23.7 Å². The van der Waals surface area contributed by atoms with Crippen molar-refractivity contribution in [3.63, 3.8) is 0 Å². The van der Waals surface area contributed by atoms with Crippen LogP contribution in [0.15, 0.2) is 48.7 Å². The molecule has 0 aliphatic heterocycles. The average molecular weight is 391 g/mol. The molecule has 4 rings (SSSR count). The number of aryl methyl sites for hydroxylation is 1. The Bertz CT molecular complexity index is 1100. The zero-order chi connectivity index (χ0) is 19.2. The molecule has 4 aromatic rings. The van der Waals surface area contributed by atoms with Gasteiger partial charge in [0.1, 0.15) is 5.69 Å². The fourth-order valence-corrected chi connectivity index (χ4v) is 3.28. The second-order valence-electron chi connectivity index (χ2n) is 6.08. The smallest absolute Gasteiger partial charge is 0.291 e. The van der Waals surface area contributed by atoms with Crippen LogP contribution in [0, 0.1) is 0 Å². The summed E-state index contributed by atoms with van der Waals surface area (Å²) in [7, 11) is 0. The monoisotopic (exact) mass is 390 g/mol. The Morgan fingerprint density at radius 3 is 2.44 bits per heavy atom. The number of aromatic nitrogens is 4. The van der Waals surface area contributed by atoms with Gasteiger partial charge in [0.2, 0.25) is 0 Å². The third-order valence-electron chi connectivity index (χ3n) is 4.39. The molecule has 1 N–H and O–H groups in total. The van der Waals surface area contributed by atoms with E-state index in [0.29, 0.717) is 17.0 Å². The number of hydrogen-bond donors (Lipinski definition) is 1. The van der Waals surface area contributed by atoms with E-state index in [1.165, 1.54) is 6.07 Å². The Kier molecular flexibility index (Phi) is 4.19. The normalized spacial score (nSPS) is 12.0. The summed E-state index contributed by atoms with van der Waals surface area (Å²) in [6, 6.07) is 11.8. The Hall–Kier alpha value is -2.80. The van der Waals surface area contributed by atoms with E-state index < -0.39 is 11.7 Å². The molecule has 0 atom stereocenters. The Labute approximate surface area is 157 Å². The maximum absolute atomic E-state index is 13.2. The third-order valence-corrected chi connectivity index (χ3v) is 4.71. The van der Waals surface area contributed by atoms with Crippen molar-refractivity contribution in [3.8, 4) is 17.2 Å². The minimum absolute atomic E-state index is 0.205. The van der Waals surface area contributed by atoms with Gasteiger partial charge in [-0.05, 0) is 42.3 Å². The van der Waals surface area contributed by atoms with Gasteiger partial charge in [-0.25, -0.2) is 4.98 Å². The summed E-state index contributed by atoms with van der Waals surface area (Å²) >= 11 is 5.95. The number of hydrogen-bond acceptors (Lipinski definition) is 2. The maximum atomic E-state index is 13.2. The quantitative estimate of drug-likeness (QED) is 0.491. The second kappa shape index (κ2) is 6.42. The van der Waals surface area contributed by atoms with E-state index in [1.54, 1.807) is 16.8 Å². The molecular weight excluding hydrogens is 377 g/mol. The molecule has 0 amide bonds. The Morgan fingerprint density at radius 2 is 1.85 bits per heavy atom. The number of aromatic amines is 1. The number of imidazole rings is 1. The molecule has 0 saturated heterocycles. The van der Waals surface area contributed by atoms with Gasteiger partial charge < -0.3 is 0 Å². The van der Waals surface area contributed by atoms with E-state index in [4.69, 9.17) is 11.6 Å². The van der Waals surface area contributed by atoms with Crippen molar-refractivity contribution < 1.29 is 13.2 Å². The lowest BCUT2D eigenvalue weighted by molar-refractivity contribution is -0.137. The molecule has 8 heteroatoms. The molecule has 0 aliphatic carbocycles. The predicted octanol–water partition coefficient (Wildman–Crippen LogP) is 5.65. The van der Waals surface area contributed by atoms with Crippen molar-refractivity contribution in [2.45, 2.75) is 19.5 Å². The SMILES string of the molecule is CCc1ccc(-n2c(-c3ccn[nH]3)nc3cc(C(F)(F)F)c(Cl)cc32)cc1. The zero-order valence-electron chi connectivity index (χ0n) is 14.2. The van der Waals surface area contributed by atoms with Gasteiger partial charge in [0.15, 0.2) is 5.82 Å². The molecule has 27 heavy (non-hydrogen) atoms. The fraction of sp³-hybridized carbons (Fsp3) is 0.158. The summed E-state index contributed by atoms with van der Waals surface area (Å²) in [6.07, 6.45) is -2.10. The van der Waals surface area contributed by atoms with E-state index in [9.17, 15) is 13.2 Å². The molecular formula is C19H14ClF3N4. The van der Waals surface area contributed by atoms with Crippen LogP contribution in [-0.4, -0.2) is 19.7 Å². The average Bonchev–Trinajstić information content (AvgIpc) is 3.27. The highest BCUT2D eigenvalue weighted by atomic mass is 35.5. The number of rotatable bonds is 3. The van der Waals surface area contributed by atoms with Crippen molar-refractivity contribution >= 4 is 22.6 Å². The van der Waals surface area contributed by atoms with Crippen LogP contribution in [0.1, 0.15) is 18.1 Å². The lowest BCUT2D eigenvalue weighted by atomic mass is 10.1. The summed E-state index contributed by atoms with van der Waals surface area (Å²) in [4.78, 5) is 4.42. The standard InChI is InChI=1S/C19H14ClF3N4/c1-2-11-3-5-12(6-4-11)27-17-10-14(20)13(19(21,22)23)9-16(17)25-18(27)15-7-8-24-26-15/h3-10H,2H2,1H3,(H,24,26). The molecule has 0 unspecified atom stereocenters. The number of alkyl halides is 3. The Balaban J connectivity index is 2.02. The van der Waals surface area contributed by atoms with Gasteiger partial charge in [-0.3, -0.25) is 9.67 Å². The summed E-state index contributed by atoms with van der Waals surface area (Å²) in [5.41, 5.74) is 2.31. The number of fused-ring (bicyclic) bond motifs is 1. The highest BCUT2D eigenvalue weighted by molar-refractivity contribution is 6.32. The Morgan fingerprint density at radius 1 is 1.11 bits per heavy atom. The number of halogens is 4. The van der Waals surface area contributed by atoms with Gasteiger partial charge in [-0.1, -0.05) is 30.7 Å². The third kappa shape index (κ3) is 3.08. The van der Waals surface area contributed by atoms with Gasteiger partial charge in [-0.15, -0.1) is 0 Å². The van der Waals surface area contributed by atoms with Gasteiger partial charge in [0.05, 0.1) is 21.6 Å². The van der Waals surface area contributed by atoms with E-state index in [2.05, 4.69) is 22.1 Å². The first-order valence-electron chi connectivity index (χ1n) is 8.26. The first kappa shape index (κ1) is 17.6. The minimum atomic E-state index is -4.55. The zero-order valence-corrected chi connectivity index (χ0v) is 14.9. The summed E-state index contributed by atoms with van der Waals surface area (Å²) in [5.74, 6) is 0.460. The first-order valence-corrected chi connectivity index (χ1v) is 8.64. The topological polar surface area (TPSA) is 46.5 Å². The molecule has 0 aliphatic rings. The van der Waals surface area contributed by atoms with Crippen molar-refractivity contribution in [2.75, 3.05) is 0 Å². The predicted molar refractivity (Wildman–Crippen MR) is 98.0 cm³/mol. The molecule has 4 nitrogen and oxygen atoms in total. The van der Waals surface area contributed by atoms with Crippen molar-refractivity contribution in [1.29, 1.82) is 0 Å². The first-order chi connectivity index (χ1) is 12.9. The molecule has 2 aromatic heterocycles. The maximum Gasteiger partial charge on any atom is 0.417 e. The summed E-state index contributed by atoms with van der Waals surface area (Å²) in [5, 5.41) is 6.38. The van der Waals surface area contributed by atoms with Gasteiger partial charge in [0.25, 0.3) is 0 Å².